The Kier molecular flexibility index (Phi) is 41.7. The zero-order valence-corrected chi connectivity index (χ0v) is 40.8. The molecule has 0 bridgehead atoms. The molecule has 0 aliphatic carbocycles. The Morgan fingerprint density at radius 3 is 1.37 bits per heavy atom. The van der Waals surface area contributed by atoms with Crippen LogP contribution < -0.4 is 5.32 Å². The fourth-order valence-electron chi connectivity index (χ4n) is 8.42. The van der Waals surface area contributed by atoms with Gasteiger partial charge in [-0.15, -0.1) is 0 Å². The quantitative estimate of drug-likeness (QED) is 0.0261. The molecule has 0 aromatic carbocycles. The first kappa shape index (κ1) is 59.4. The number of amides is 1. The highest BCUT2D eigenvalue weighted by Crippen LogP contribution is 2.23. The molecular weight excluding hydrogens is 791 g/mol. The SMILES string of the molecule is CCCCCCCCCCC/C=C\C/C=C\CCCCCCCCCCCCCC(=O)NC(COC1OC(CO)C(O)C(O)C1O)C(O)/C=C/CCCCCCCCCCCCC. The third-order valence-electron chi connectivity index (χ3n) is 12.7. The standard InChI is InChI=1S/C54H101NO8/c1-3-5-7-9-11-13-15-17-18-19-20-21-22-23-24-25-26-27-28-29-30-32-34-36-38-40-42-44-50(58)55-47(46-62-54-53(61)52(60)51(59)49(45-56)63-54)48(57)43-41-39-37-35-33-31-16-14-12-10-8-6-4-2/h20-21,23-24,41,43,47-49,51-54,56-57,59-61H,3-19,22,25-40,42,44-46H2,1-2H3,(H,55,58)/b21-20-,24-23-,43-41+. The van der Waals surface area contributed by atoms with Crippen molar-refractivity contribution in [2.24, 2.45) is 0 Å². The van der Waals surface area contributed by atoms with Gasteiger partial charge >= 0.3 is 0 Å². The minimum Gasteiger partial charge on any atom is -0.394 e. The normalized spacial score (nSPS) is 20.4. The van der Waals surface area contributed by atoms with Gasteiger partial charge in [0.25, 0.3) is 0 Å². The fraction of sp³-hybridized carbons (Fsp3) is 0.870. The molecule has 0 aromatic rings. The predicted octanol–water partition coefficient (Wildman–Crippen LogP) is 12.4. The van der Waals surface area contributed by atoms with Gasteiger partial charge in [0.05, 0.1) is 25.4 Å². The number of aliphatic hydroxyl groups excluding tert-OH is 5. The van der Waals surface area contributed by atoms with Crippen LogP contribution in [-0.2, 0) is 14.3 Å². The molecule has 6 N–H and O–H groups in total. The van der Waals surface area contributed by atoms with E-state index in [4.69, 9.17) is 9.47 Å². The van der Waals surface area contributed by atoms with E-state index < -0.39 is 49.5 Å². The minimum absolute atomic E-state index is 0.179. The number of hydrogen-bond donors (Lipinski definition) is 6. The number of rotatable bonds is 45. The van der Waals surface area contributed by atoms with Crippen molar-refractivity contribution < 1.29 is 39.8 Å². The van der Waals surface area contributed by atoms with E-state index in [1.807, 2.05) is 6.08 Å². The molecule has 1 saturated heterocycles. The van der Waals surface area contributed by atoms with Crippen molar-refractivity contribution in [3.05, 3.63) is 36.5 Å². The first-order valence-electron chi connectivity index (χ1n) is 26.7. The minimum atomic E-state index is -1.57. The van der Waals surface area contributed by atoms with E-state index in [-0.39, 0.29) is 12.5 Å². The van der Waals surface area contributed by atoms with Crippen molar-refractivity contribution in [2.45, 2.75) is 288 Å². The Bertz CT molecular complexity index is 1080. The van der Waals surface area contributed by atoms with Gasteiger partial charge in [-0.1, -0.05) is 224 Å². The lowest BCUT2D eigenvalue weighted by atomic mass is 9.99. The molecule has 9 nitrogen and oxygen atoms in total. The summed E-state index contributed by atoms with van der Waals surface area (Å²) in [5.41, 5.74) is 0. The van der Waals surface area contributed by atoms with Gasteiger partial charge in [0.15, 0.2) is 6.29 Å². The van der Waals surface area contributed by atoms with Crippen LogP contribution in [0.3, 0.4) is 0 Å². The second kappa shape index (κ2) is 44.3. The van der Waals surface area contributed by atoms with Crippen LogP contribution in [0.5, 0.6) is 0 Å². The zero-order valence-electron chi connectivity index (χ0n) is 40.8. The Morgan fingerprint density at radius 2 is 0.937 bits per heavy atom. The van der Waals surface area contributed by atoms with Crippen molar-refractivity contribution in [3.8, 4) is 0 Å². The van der Waals surface area contributed by atoms with Crippen LogP contribution in [0.1, 0.15) is 245 Å². The Balaban J connectivity index is 2.21. The van der Waals surface area contributed by atoms with E-state index in [9.17, 15) is 30.3 Å². The number of carbonyl (C=O) groups is 1. The topological polar surface area (TPSA) is 149 Å². The Morgan fingerprint density at radius 1 is 0.540 bits per heavy atom. The summed E-state index contributed by atoms with van der Waals surface area (Å²) in [6.07, 6.45) is 49.2. The number of aliphatic hydroxyl groups is 5. The van der Waals surface area contributed by atoms with Gasteiger partial charge in [-0.2, -0.15) is 0 Å². The number of nitrogens with one attached hydrogen (secondary N) is 1. The van der Waals surface area contributed by atoms with Crippen molar-refractivity contribution in [1.82, 2.24) is 5.32 Å². The first-order valence-corrected chi connectivity index (χ1v) is 26.7. The second-order valence-electron chi connectivity index (χ2n) is 18.7. The van der Waals surface area contributed by atoms with E-state index in [0.717, 1.165) is 44.9 Å². The maximum absolute atomic E-state index is 13.0. The fourth-order valence-corrected chi connectivity index (χ4v) is 8.42. The molecule has 1 amide bonds. The molecule has 1 fully saturated rings. The number of ether oxygens (including phenoxy) is 2. The maximum atomic E-state index is 13.0. The lowest BCUT2D eigenvalue weighted by molar-refractivity contribution is -0.302. The van der Waals surface area contributed by atoms with E-state index in [2.05, 4.69) is 43.5 Å². The second-order valence-corrected chi connectivity index (χ2v) is 18.7. The molecule has 63 heavy (non-hydrogen) atoms. The number of hydrogen-bond acceptors (Lipinski definition) is 8. The van der Waals surface area contributed by atoms with Gasteiger partial charge in [-0.05, 0) is 51.4 Å². The Labute approximate surface area is 387 Å². The number of allylic oxidation sites excluding steroid dienone is 5. The largest absolute Gasteiger partial charge is 0.394 e. The van der Waals surface area contributed by atoms with Crippen LogP contribution in [0, 0.1) is 0 Å². The highest BCUT2D eigenvalue weighted by atomic mass is 16.7. The lowest BCUT2D eigenvalue weighted by Crippen LogP contribution is -2.60. The average molecular weight is 892 g/mol. The van der Waals surface area contributed by atoms with E-state index in [1.165, 1.54) is 180 Å². The van der Waals surface area contributed by atoms with Gasteiger partial charge in [-0.25, -0.2) is 0 Å². The molecule has 1 aliphatic rings. The van der Waals surface area contributed by atoms with Crippen molar-refractivity contribution >= 4 is 5.91 Å². The summed E-state index contributed by atoms with van der Waals surface area (Å²) in [5.74, 6) is -0.179. The summed E-state index contributed by atoms with van der Waals surface area (Å²) in [6.45, 7) is 3.78. The van der Waals surface area contributed by atoms with Crippen LogP contribution in [0.25, 0.3) is 0 Å². The maximum Gasteiger partial charge on any atom is 0.220 e. The van der Waals surface area contributed by atoms with Gasteiger partial charge < -0.3 is 40.3 Å². The van der Waals surface area contributed by atoms with Crippen LogP contribution in [0.15, 0.2) is 36.5 Å². The Hall–Kier alpha value is -1.59. The van der Waals surface area contributed by atoms with Crippen molar-refractivity contribution in [3.63, 3.8) is 0 Å². The summed E-state index contributed by atoms with van der Waals surface area (Å²) < 4.78 is 11.2. The molecule has 7 unspecified atom stereocenters. The number of carbonyl (C=O) groups excluding carboxylic acids is 1. The summed E-state index contributed by atoms with van der Waals surface area (Å²) in [5, 5.41) is 54.3. The number of unbranched alkanes of at least 4 members (excludes halogenated alkanes) is 31. The highest BCUT2D eigenvalue weighted by Gasteiger charge is 2.44. The van der Waals surface area contributed by atoms with Crippen LogP contribution in [0.2, 0.25) is 0 Å². The van der Waals surface area contributed by atoms with Crippen molar-refractivity contribution in [2.75, 3.05) is 13.2 Å². The van der Waals surface area contributed by atoms with Gasteiger partial charge in [-0.3, -0.25) is 4.79 Å². The van der Waals surface area contributed by atoms with Crippen molar-refractivity contribution in [1.29, 1.82) is 0 Å². The smallest absolute Gasteiger partial charge is 0.220 e. The molecule has 1 rings (SSSR count). The molecule has 370 valence electrons. The van der Waals surface area contributed by atoms with E-state index >= 15 is 0 Å². The summed E-state index contributed by atoms with van der Waals surface area (Å²) in [7, 11) is 0. The summed E-state index contributed by atoms with van der Waals surface area (Å²) >= 11 is 0. The highest BCUT2D eigenvalue weighted by molar-refractivity contribution is 5.76. The first-order chi connectivity index (χ1) is 30.8. The van der Waals surface area contributed by atoms with Gasteiger partial charge in [0.2, 0.25) is 5.91 Å². The summed E-state index contributed by atoms with van der Waals surface area (Å²) in [4.78, 5) is 13.0. The van der Waals surface area contributed by atoms with Crippen LogP contribution in [0.4, 0.5) is 0 Å². The van der Waals surface area contributed by atoms with E-state index in [1.54, 1.807) is 6.08 Å². The molecule has 1 aliphatic heterocycles. The molecular formula is C54H101NO8. The lowest BCUT2D eigenvalue weighted by Gasteiger charge is -2.40. The monoisotopic (exact) mass is 892 g/mol. The third-order valence-corrected chi connectivity index (χ3v) is 12.7. The molecule has 1 heterocycles. The average Bonchev–Trinajstić information content (AvgIpc) is 3.28. The summed E-state index contributed by atoms with van der Waals surface area (Å²) in [6, 6.07) is -0.804. The van der Waals surface area contributed by atoms with E-state index in [0.29, 0.717) is 6.42 Å². The zero-order chi connectivity index (χ0) is 45.9. The molecule has 0 aromatic heterocycles. The van der Waals surface area contributed by atoms with Crippen LogP contribution >= 0.6 is 0 Å². The molecule has 0 saturated carbocycles. The third kappa shape index (κ3) is 34.4. The van der Waals surface area contributed by atoms with Crippen LogP contribution in [-0.4, -0.2) is 87.5 Å². The molecule has 7 atom stereocenters. The molecule has 9 heteroatoms. The van der Waals surface area contributed by atoms with Gasteiger partial charge in [0, 0.05) is 6.42 Å². The van der Waals surface area contributed by atoms with Gasteiger partial charge in [0.1, 0.15) is 24.4 Å². The predicted molar refractivity (Wildman–Crippen MR) is 263 cm³/mol. The molecule has 0 radical (unpaired) electrons. The molecule has 0 spiro atoms.